The van der Waals surface area contributed by atoms with Crippen molar-refractivity contribution in [1.29, 1.82) is 0 Å². The molecular formula is C12H15F2NO. The van der Waals surface area contributed by atoms with Crippen molar-refractivity contribution < 1.29 is 13.6 Å². The Bertz CT molecular complexity index is 366. The first-order valence-electron chi connectivity index (χ1n) is 5.34. The molecule has 0 aliphatic carbocycles. The molecule has 0 atom stereocenters. The summed E-state index contributed by atoms with van der Waals surface area (Å²) in [5.41, 5.74) is 0.220. The van der Waals surface area contributed by atoms with Crippen molar-refractivity contribution in [2.75, 3.05) is 13.1 Å². The van der Waals surface area contributed by atoms with E-state index in [2.05, 4.69) is 5.32 Å². The summed E-state index contributed by atoms with van der Waals surface area (Å²) in [6.45, 7) is 3.45. The molecule has 0 unspecified atom stereocenters. The minimum Gasteiger partial charge on any atom is -0.316 e. The summed E-state index contributed by atoms with van der Waals surface area (Å²) in [6, 6.07) is 3.22. The van der Waals surface area contributed by atoms with Crippen molar-refractivity contribution in [3.8, 4) is 0 Å². The molecular weight excluding hydrogens is 212 g/mol. The van der Waals surface area contributed by atoms with Crippen LogP contribution in [0.15, 0.2) is 18.2 Å². The van der Waals surface area contributed by atoms with Crippen LogP contribution in [0.4, 0.5) is 8.78 Å². The van der Waals surface area contributed by atoms with E-state index in [-0.39, 0.29) is 11.3 Å². The molecule has 1 aromatic rings. The Morgan fingerprint density at radius 2 is 2.00 bits per heavy atom. The normalized spacial score (nSPS) is 10.4. The Labute approximate surface area is 93.7 Å². The topological polar surface area (TPSA) is 29.1 Å². The molecule has 88 valence electrons. The standard InChI is InChI=1S/C12H15F2NO/c1-2-6-15-7-5-12(16)9-3-4-10(13)11(14)8-9/h3-4,8,15H,2,5-7H2,1H3. The predicted molar refractivity (Wildman–Crippen MR) is 58.5 cm³/mol. The number of carbonyl (C=O) groups excluding carboxylic acids is 1. The summed E-state index contributed by atoms with van der Waals surface area (Å²) in [7, 11) is 0. The lowest BCUT2D eigenvalue weighted by atomic mass is 10.1. The molecule has 4 heteroatoms. The van der Waals surface area contributed by atoms with Crippen molar-refractivity contribution in [3.63, 3.8) is 0 Å². The maximum atomic E-state index is 12.8. The van der Waals surface area contributed by atoms with Gasteiger partial charge in [-0.3, -0.25) is 4.79 Å². The summed E-state index contributed by atoms with van der Waals surface area (Å²) in [5, 5.41) is 3.07. The Hall–Kier alpha value is -1.29. The average Bonchev–Trinajstić information content (AvgIpc) is 2.28. The highest BCUT2D eigenvalue weighted by Crippen LogP contribution is 2.10. The van der Waals surface area contributed by atoms with Gasteiger partial charge in [0.1, 0.15) is 0 Å². The molecule has 0 fully saturated rings. The number of halogens is 2. The van der Waals surface area contributed by atoms with Gasteiger partial charge in [0.05, 0.1) is 0 Å². The zero-order valence-electron chi connectivity index (χ0n) is 9.22. The zero-order valence-corrected chi connectivity index (χ0v) is 9.22. The lowest BCUT2D eigenvalue weighted by Crippen LogP contribution is -2.19. The van der Waals surface area contributed by atoms with Gasteiger partial charge < -0.3 is 5.32 Å². The minimum absolute atomic E-state index is 0.178. The summed E-state index contributed by atoms with van der Waals surface area (Å²) in [6.07, 6.45) is 1.30. The van der Waals surface area contributed by atoms with Crippen LogP contribution < -0.4 is 5.32 Å². The first kappa shape index (κ1) is 12.8. The molecule has 0 saturated heterocycles. The van der Waals surface area contributed by atoms with Gasteiger partial charge in [0.2, 0.25) is 0 Å². The van der Waals surface area contributed by atoms with Gasteiger partial charge in [-0.15, -0.1) is 0 Å². The fraction of sp³-hybridized carbons (Fsp3) is 0.417. The number of rotatable bonds is 6. The van der Waals surface area contributed by atoms with Crippen molar-refractivity contribution in [2.45, 2.75) is 19.8 Å². The quantitative estimate of drug-likeness (QED) is 0.597. The van der Waals surface area contributed by atoms with E-state index >= 15 is 0 Å². The third kappa shape index (κ3) is 3.70. The molecule has 0 amide bonds. The molecule has 0 aliphatic heterocycles. The van der Waals surface area contributed by atoms with Crippen LogP contribution in [0.3, 0.4) is 0 Å². The van der Waals surface area contributed by atoms with Crippen LogP contribution >= 0.6 is 0 Å². The molecule has 2 nitrogen and oxygen atoms in total. The molecule has 0 aliphatic rings. The number of Topliss-reactive ketones (excluding diaryl/α,β-unsaturated/α-hetero) is 1. The van der Waals surface area contributed by atoms with Crippen LogP contribution in [-0.4, -0.2) is 18.9 Å². The Morgan fingerprint density at radius 1 is 1.25 bits per heavy atom. The second-order valence-electron chi connectivity index (χ2n) is 3.55. The molecule has 16 heavy (non-hydrogen) atoms. The summed E-state index contributed by atoms with van der Waals surface area (Å²) >= 11 is 0. The summed E-state index contributed by atoms with van der Waals surface area (Å²) in [5.74, 6) is -2.09. The summed E-state index contributed by atoms with van der Waals surface area (Å²) in [4.78, 5) is 11.5. The largest absolute Gasteiger partial charge is 0.316 e. The fourth-order valence-corrected chi connectivity index (χ4v) is 1.32. The smallest absolute Gasteiger partial charge is 0.164 e. The fourth-order valence-electron chi connectivity index (χ4n) is 1.32. The highest BCUT2D eigenvalue weighted by Gasteiger charge is 2.08. The Morgan fingerprint density at radius 3 is 2.62 bits per heavy atom. The van der Waals surface area contributed by atoms with E-state index in [1.807, 2.05) is 6.92 Å². The SMILES string of the molecule is CCCNCCC(=O)c1ccc(F)c(F)c1. The number of carbonyl (C=O) groups is 1. The predicted octanol–water partition coefficient (Wildman–Crippen LogP) is 2.54. The Balaban J connectivity index is 2.50. The van der Waals surface area contributed by atoms with Crippen LogP contribution in [0, 0.1) is 11.6 Å². The van der Waals surface area contributed by atoms with Crippen molar-refractivity contribution in [2.24, 2.45) is 0 Å². The first-order valence-corrected chi connectivity index (χ1v) is 5.34. The number of nitrogens with one attached hydrogen (secondary N) is 1. The van der Waals surface area contributed by atoms with Gasteiger partial charge in [0.15, 0.2) is 17.4 Å². The Kier molecular flexibility index (Phi) is 5.05. The van der Waals surface area contributed by atoms with Gasteiger partial charge in [-0.2, -0.15) is 0 Å². The highest BCUT2D eigenvalue weighted by molar-refractivity contribution is 5.96. The van der Waals surface area contributed by atoms with Gasteiger partial charge in [-0.05, 0) is 31.2 Å². The molecule has 0 heterocycles. The van der Waals surface area contributed by atoms with Crippen molar-refractivity contribution in [3.05, 3.63) is 35.4 Å². The van der Waals surface area contributed by atoms with E-state index in [0.717, 1.165) is 25.1 Å². The number of hydrogen-bond donors (Lipinski definition) is 1. The molecule has 0 bridgehead atoms. The maximum Gasteiger partial charge on any atom is 0.164 e. The van der Waals surface area contributed by atoms with Gasteiger partial charge in [0.25, 0.3) is 0 Å². The summed E-state index contributed by atoms with van der Waals surface area (Å²) < 4.78 is 25.5. The zero-order chi connectivity index (χ0) is 12.0. The van der Waals surface area contributed by atoms with Crippen molar-refractivity contribution in [1.82, 2.24) is 5.32 Å². The molecule has 0 saturated carbocycles. The lowest BCUT2D eigenvalue weighted by molar-refractivity contribution is 0.0982. The van der Waals surface area contributed by atoms with E-state index in [9.17, 15) is 13.6 Å². The number of benzene rings is 1. The van der Waals surface area contributed by atoms with Crippen LogP contribution in [-0.2, 0) is 0 Å². The monoisotopic (exact) mass is 227 g/mol. The minimum atomic E-state index is -0.979. The lowest BCUT2D eigenvalue weighted by Gasteiger charge is -2.03. The van der Waals surface area contributed by atoms with E-state index in [0.29, 0.717) is 13.0 Å². The van der Waals surface area contributed by atoms with Crippen LogP contribution in [0.5, 0.6) is 0 Å². The number of hydrogen-bond acceptors (Lipinski definition) is 2. The van der Waals surface area contributed by atoms with Crippen LogP contribution in [0.2, 0.25) is 0 Å². The maximum absolute atomic E-state index is 12.8. The molecule has 1 rings (SSSR count). The van der Waals surface area contributed by atoms with E-state index in [1.165, 1.54) is 6.07 Å². The van der Waals surface area contributed by atoms with Crippen molar-refractivity contribution >= 4 is 5.78 Å². The second kappa shape index (κ2) is 6.33. The molecule has 1 aromatic carbocycles. The highest BCUT2D eigenvalue weighted by atomic mass is 19.2. The molecule has 0 radical (unpaired) electrons. The molecule has 0 spiro atoms. The van der Waals surface area contributed by atoms with Gasteiger partial charge in [-0.1, -0.05) is 6.92 Å². The van der Waals surface area contributed by atoms with E-state index in [1.54, 1.807) is 0 Å². The number of ketones is 1. The van der Waals surface area contributed by atoms with Gasteiger partial charge in [0, 0.05) is 18.5 Å². The van der Waals surface area contributed by atoms with E-state index in [4.69, 9.17) is 0 Å². The van der Waals surface area contributed by atoms with Gasteiger partial charge >= 0.3 is 0 Å². The molecule has 0 aromatic heterocycles. The third-order valence-corrected chi connectivity index (χ3v) is 2.20. The van der Waals surface area contributed by atoms with Crippen LogP contribution in [0.1, 0.15) is 30.1 Å². The van der Waals surface area contributed by atoms with E-state index < -0.39 is 11.6 Å². The van der Waals surface area contributed by atoms with Gasteiger partial charge in [-0.25, -0.2) is 8.78 Å². The second-order valence-corrected chi connectivity index (χ2v) is 3.55. The first-order chi connectivity index (χ1) is 7.65. The third-order valence-electron chi connectivity index (χ3n) is 2.20. The average molecular weight is 227 g/mol. The molecule has 1 N–H and O–H groups in total. The van der Waals surface area contributed by atoms with Crippen LogP contribution in [0.25, 0.3) is 0 Å².